The van der Waals surface area contributed by atoms with Crippen LogP contribution in [-0.4, -0.2) is 60.9 Å². The summed E-state index contributed by atoms with van der Waals surface area (Å²) in [6.45, 7) is 4.31. The Morgan fingerprint density at radius 1 is 1.29 bits per heavy atom. The van der Waals surface area contributed by atoms with Crippen LogP contribution in [0.4, 0.5) is 0 Å². The molecule has 3 nitrogen and oxygen atoms in total. The molecule has 2 rings (SSSR count). The second-order valence-electron chi connectivity index (χ2n) is 6.68. The lowest BCUT2D eigenvalue weighted by Crippen LogP contribution is -2.40. The van der Waals surface area contributed by atoms with E-state index in [2.05, 4.69) is 17.0 Å². The van der Waals surface area contributed by atoms with Crippen LogP contribution in [0, 0.1) is 5.92 Å². The number of hydrogen-bond acceptors (Lipinski definition) is 3. The molecule has 1 aliphatic rings. The first-order valence-electron chi connectivity index (χ1n) is 8.78. The average molecular weight is 369 g/mol. The molecule has 1 fully saturated rings. The zero-order chi connectivity index (χ0) is 17.4. The zero-order valence-corrected chi connectivity index (χ0v) is 16.4. The second kappa shape index (κ2) is 10.3. The van der Waals surface area contributed by atoms with Gasteiger partial charge in [-0.2, -0.15) is 11.8 Å². The number of amides is 1. The van der Waals surface area contributed by atoms with Crippen molar-refractivity contribution in [1.29, 1.82) is 0 Å². The first-order valence-corrected chi connectivity index (χ1v) is 10.6. The smallest absolute Gasteiger partial charge is 0.223 e. The normalized spacial score (nSPS) is 16.3. The van der Waals surface area contributed by atoms with E-state index in [9.17, 15) is 4.79 Å². The molecule has 0 radical (unpaired) electrons. The van der Waals surface area contributed by atoms with Gasteiger partial charge in [0.25, 0.3) is 0 Å². The van der Waals surface area contributed by atoms with Gasteiger partial charge in [-0.15, -0.1) is 0 Å². The predicted octanol–water partition coefficient (Wildman–Crippen LogP) is 3.81. The number of likely N-dealkylation sites (tertiary alicyclic amines) is 1. The molecule has 1 aliphatic heterocycles. The third-order valence-electron chi connectivity index (χ3n) is 4.81. The molecule has 0 aliphatic carbocycles. The second-order valence-corrected chi connectivity index (χ2v) is 8.10. The fraction of sp³-hybridized carbons (Fsp3) is 0.632. The van der Waals surface area contributed by atoms with E-state index in [1.165, 1.54) is 18.4 Å². The van der Waals surface area contributed by atoms with Crippen LogP contribution < -0.4 is 0 Å². The van der Waals surface area contributed by atoms with Gasteiger partial charge in [0.2, 0.25) is 5.91 Å². The number of hydrogen-bond donors (Lipinski definition) is 0. The quantitative estimate of drug-likeness (QED) is 0.697. The molecular weight excluding hydrogens is 340 g/mol. The van der Waals surface area contributed by atoms with Crippen molar-refractivity contribution in [3.63, 3.8) is 0 Å². The number of nitrogens with zero attached hydrogens (tertiary/aromatic N) is 2. The highest BCUT2D eigenvalue weighted by molar-refractivity contribution is 7.98. The van der Waals surface area contributed by atoms with E-state index in [-0.39, 0.29) is 5.91 Å². The lowest BCUT2D eigenvalue weighted by atomic mass is 9.96. The van der Waals surface area contributed by atoms with E-state index in [1.54, 1.807) is 11.8 Å². The Morgan fingerprint density at radius 3 is 2.58 bits per heavy atom. The van der Waals surface area contributed by atoms with Gasteiger partial charge in [-0.25, -0.2) is 0 Å². The Balaban J connectivity index is 1.65. The first-order chi connectivity index (χ1) is 11.6. The molecule has 24 heavy (non-hydrogen) atoms. The summed E-state index contributed by atoms with van der Waals surface area (Å²) in [6.07, 6.45) is 6.18. The molecule has 134 valence electrons. The van der Waals surface area contributed by atoms with Crippen LogP contribution in [0.2, 0.25) is 5.02 Å². The number of rotatable bonds is 8. The monoisotopic (exact) mass is 368 g/mol. The predicted molar refractivity (Wildman–Crippen MR) is 105 cm³/mol. The maximum atomic E-state index is 12.0. The van der Waals surface area contributed by atoms with Crippen LogP contribution in [0.25, 0.3) is 0 Å². The van der Waals surface area contributed by atoms with Gasteiger partial charge in [0, 0.05) is 37.3 Å². The van der Waals surface area contributed by atoms with Gasteiger partial charge in [-0.1, -0.05) is 23.7 Å². The Hall–Kier alpha value is -0.710. The first kappa shape index (κ1) is 19.6. The van der Waals surface area contributed by atoms with Crippen LogP contribution in [0.1, 0.15) is 24.8 Å². The molecule has 1 aromatic rings. The number of carbonyl (C=O) groups is 1. The molecule has 1 amide bonds. The highest BCUT2D eigenvalue weighted by Crippen LogP contribution is 2.19. The molecule has 1 aromatic carbocycles. The van der Waals surface area contributed by atoms with Gasteiger partial charge < -0.3 is 9.80 Å². The van der Waals surface area contributed by atoms with Gasteiger partial charge >= 0.3 is 0 Å². The maximum absolute atomic E-state index is 12.0. The summed E-state index contributed by atoms with van der Waals surface area (Å²) in [7, 11) is 1.95. The van der Waals surface area contributed by atoms with E-state index in [4.69, 9.17) is 11.6 Å². The minimum absolute atomic E-state index is 0.287. The minimum Gasteiger partial charge on any atom is -0.345 e. The molecule has 0 bridgehead atoms. The Morgan fingerprint density at radius 2 is 1.96 bits per heavy atom. The van der Waals surface area contributed by atoms with E-state index in [0.29, 0.717) is 12.3 Å². The molecule has 5 heteroatoms. The standard InChI is InChI=1S/C19H29ClN2OS/c1-21(19(23)10-14-24-2)15-17-8-12-22(13-9-17)11-7-16-3-5-18(20)6-4-16/h3-6,17H,7-15H2,1-2H3. The third-order valence-corrected chi connectivity index (χ3v) is 5.68. The Labute approximate surface area is 155 Å². The van der Waals surface area contributed by atoms with Crippen molar-refractivity contribution in [2.45, 2.75) is 25.7 Å². The lowest BCUT2D eigenvalue weighted by molar-refractivity contribution is -0.130. The summed E-state index contributed by atoms with van der Waals surface area (Å²) in [5, 5.41) is 0.802. The molecule has 0 spiro atoms. The molecule has 0 unspecified atom stereocenters. The van der Waals surface area contributed by atoms with Crippen molar-refractivity contribution in [1.82, 2.24) is 9.80 Å². The van der Waals surface area contributed by atoms with Gasteiger partial charge in [0.15, 0.2) is 0 Å². The highest BCUT2D eigenvalue weighted by Gasteiger charge is 2.21. The molecule has 1 saturated heterocycles. The van der Waals surface area contributed by atoms with Crippen LogP contribution in [-0.2, 0) is 11.2 Å². The molecule has 1 heterocycles. The summed E-state index contributed by atoms with van der Waals surface area (Å²) in [6, 6.07) is 8.16. The molecule has 0 atom stereocenters. The summed E-state index contributed by atoms with van der Waals surface area (Å²) >= 11 is 7.67. The number of benzene rings is 1. The number of piperidine rings is 1. The van der Waals surface area contributed by atoms with Crippen molar-refractivity contribution in [2.75, 3.05) is 45.2 Å². The van der Waals surface area contributed by atoms with Gasteiger partial charge in [-0.3, -0.25) is 4.79 Å². The molecule has 0 aromatic heterocycles. The summed E-state index contributed by atoms with van der Waals surface area (Å²) in [5.41, 5.74) is 1.35. The van der Waals surface area contributed by atoms with Gasteiger partial charge in [0.1, 0.15) is 0 Å². The fourth-order valence-electron chi connectivity index (χ4n) is 3.20. The van der Waals surface area contributed by atoms with Crippen molar-refractivity contribution in [3.8, 4) is 0 Å². The van der Waals surface area contributed by atoms with Crippen molar-refractivity contribution < 1.29 is 4.79 Å². The van der Waals surface area contributed by atoms with E-state index < -0.39 is 0 Å². The molecule has 0 saturated carbocycles. The largest absolute Gasteiger partial charge is 0.345 e. The van der Waals surface area contributed by atoms with Crippen molar-refractivity contribution >= 4 is 29.3 Å². The summed E-state index contributed by atoms with van der Waals surface area (Å²) < 4.78 is 0. The third kappa shape index (κ3) is 6.66. The van der Waals surface area contributed by atoms with Gasteiger partial charge in [-0.05, 0) is 62.2 Å². The van der Waals surface area contributed by atoms with Gasteiger partial charge in [0.05, 0.1) is 0 Å². The maximum Gasteiger partial charge on any atom is 0.223 e. The number of thioether (sulfide) groups is 1. The van der Waals surface area contributed by atoms with Crippen molar-refractivity contribution in [3.05, 3.63) is 34.9 Å². The average Bonchev–Trinajstić information content (AvgIpc) is 2.60. The summed E-state index contributed by atoms with van der Waals surface area (Å²) in [5.74, 6) is 1.86. The Kier molecular flexibility index (Phi) is 8.43. The number of halogens is 1. The lowest BCUT2D eigenvalue weighted by Gasteiger charge is -2.34. The topological polar surface area (TPSA) is 23.6 Å². The minimum atomic E-state index is 0.287. The van der Waals surface area contributed by atoms with Crippen LogP contribution >= 0.6 is 23.4 Å². The summed E-state index contributed by atoms with van der Waals surface area (Å²) in [4.78, 5) is 16.5. The van der Waals surface area contributed by atoms with E-state index in [1.807, 2.05) is 30.3 Å². The van der Waals surface area contributed by atoms with Crippen LogP contribution in [0.3, 0.4) is 0 Å². The van der Waals surface area contributed by atoms with Crippen LogP contribution in [0.15, 0.2) is 24.3 Å². The van der Waals surface area contributed by atoms with E-state index in [0.717, 1.165) is 43.4 Å². The molecule has 0 N–H and O–H groups in total. The highest BCUT2D eigenvalue weighted by atomic mass is 35.5. The Bertz CT molecular complexity index is 501. The SMILES string of the molecule is CSCCC(=O)N(C)CC1CCN(CCc2ccc(Cl)cc2)CC1. The van der Waals surface area contributed by atoms with E-state index >= 15 is 0 Å². The fourth-order valence-corrected chi connectivity index (χ4v) is 3.70. The van der Waals surface area contributed by atoms with Crippen LogP contribution in [0.5, 0.6) is 0 Å². The molecular formula is C19H29ClN2OS. The zero-order valence-electron chi connectivity index (χ0n) is 14.8. The number of carbonyl (C=O) groups excluding carboxylic acids is 1. The van der Waals surface area contributed by atoms with Crippen molar-refractivity contribution in [2.24, 2.45) is 5.92 Å².